The number of thiazole rings is 1. The highest BCUT2D eigenvalue weighted by molar-refractivity contribution is 7.16. The SMILES string of the molecule is O=C(Nc1ccc2scnc2c1)C1CNCCO1. The van der Waals surface area contributed by atoms with Crippen molar-refractivity contribution in [3.05, 3.63) is 23.7 Å². The van der Waals surface area contributed by atoms with Crippen LogP contribution in [0.15, 0.2) is 23.7 Å². The molecule has 1 aromatic carbocycles. The third kappa shape index (κ3) is 2.35. The van der Waals surface area contributed by atoms with Gasteiger partial charge in [0.05, 0.1) is 22.3 Å². The van der Waals surface area contributed by atoms with E-state index in [2.05, 4.69) is 15.6 Å². The molecule has 1 aliphatic heterocycles. The molecule has 0 radical (unpaired) electrons. The summed E-state index contributed by atoms with van der Waals surface area (Å²) in [7, 11) is 0. The summed E-state index contributed by atoms with van der Waals surface area (Å²) in [5.74, 6) is -0.114. The molecule has 2 N–H and O–H groups in total. The van der Waals surface area contributed by atoms with Crippen molar-refractivity contribution in [1.29, 1.82) is 0 Å². The van der Waals surface area contributed by atoms with E-state index in [1.54, 1.807) is 16.8 Å². The Hall–Kier alpha value is -1.50. The molecule has 1 atom stereocenters. The van der Waals surface area contributed by atoms with E-state index in [1.165, 1.54) is 0 Å². The van der Waals surface area contributed by atoms with Gasteiger partial charge in [-0.2, -0.15) is 0 Å². The molecule has 0 aliphatic carbocycles. The van der Waals surface area contributed by atoms with Gasteiger partial charge in [0.1, 0.15) is 6.10 Å². The number of aromatic nitrogens is 1. The number of benzene rings is 1. The fourth-order valence-electron chi connectivity index (χ4n) is 1.89. The van der Waals surface area contributed by atoms with Gasteiger partial charge < -0.3 is 15.4 Å². The summed E-state index contributed by atoms with van der Waals surface area (Å²) in [6.07, 6.45) is -0.412. The highest BCUT2D eigenvalue weighted by Gasteiger charge is 2.21. The summed E-state index contributed by atoms with van der Waals surface area (Å²) in [4.78, 5) is 16.2. The third-order valence-electron chi connectivity index (χ3n) is 2.82. The monoisotopic (exact) mass is 263 g/mol. The van der Waals surface area contributed by atoms with Gasteiger partial charge in [-0.15, -0.1) is 11.3 Å². The summed E-state index contributed by atoms with van der Waals surface area (Å²) in [5, 5.41) is 5.98. The summed E-state index contributed by atoms with van der Waals surface area (Å²) >= 11 is 1.58. The third-order valence-corrected chi connectivity index (χ3v) is 3.63. The summed E-state index contributed by atoms with van der Waals surface area (Å²) < 4.78 is 6.51. The second-order valence-electron chi connectivity index (χ2n) is 4.09. The molecule has 1 fully saturated rings. The number of hydrogen-bond acceptors (Lipinski definition) is 5. The second kappa shape index (κ2) is 5.01. The number of nitrogens with zero attached hydrogens (tertiary/aromatic N) is 1. The van der Waals surface area contributed by atoms with Gasteiger partial charge in [-0.05, 0) is 18.2 Å². The normalized spacial score (nSPS) is 19.9. The summed E-state index contributed by atoms with van der Waals surface area (Å²) in [5.41, 5.74) is 3.46. The highest BCUT2D eigenvalue weighted by atomic mass is 32.1. The Morgan fingerprint density at radius 2 is 2.50 bits per heavy atom. The second-order valence-corrected chi connectivity index (χ2v) is 4.97. The highest BCUT2D eigenvalue weighted by Crippen LogP contribution is 2.21. The van der Waals surface area contributed by atoms with E-state index in [0.717, 1.165) is 22.4 Å². The molecule has 0 saturated carbocycles. The Labute approximate surface area is 108 Å². The first kappa shape index (κ1) is 11.6. The predicted octanol–water partition coefficient (Wildman–Crippen LogP) is 1.22. The predicted molar refractivity (Wildman–Crippen MR) is 70.9 cm³/mol. The van der Waals surface area contributed by atoms with E-state index in [9.17, 15) is 4.79 Å². The van der Waals surface area contributed by atoms with Crippen molar-refractivity contribution in [3.63, 3.8) is 0 Å². The molecule has 1 amide bonds. The molecule has 0 spiro atoms. The fraction of sp³-hybridized carbons (Fsp3) is 0.333. The topological polar surface area (TPSA) is 63.2 Å². The zero-order valence-corrected chi connectivity index (χ0v) is 10.5. The maximum absolute atomic E-state index is 11.9. The molecule has 3 rings (SSSR count). The minimum atomic E-state index is -0.412. The van der Waals surface area contributed by atoms with Crippen molar-refractivity contribution >= 4 is 33.1 Å². The van der Waals surface area contributed by atoms with Gasteiger partial charge in [0.2, 0.25) is 0 Å². The number of carbonyl (C=O) groups excluding carboxylic acids is 1. The van der Waals surface area contributed by atoms with Gasteiger partial charge >= 0.3 is 0 Å². The Bertz CT molecular complexity index is 563. The van der Waals surface area contributed by atoms with Crippen LogP contribution < -0.4 is 10.6 Å². The molecule has 1 saturated heterocycles. The first-order chi connectivity index (χ1) is 8.83. The van der Waals surface area contributed by atoms with E-state index in [-0.39, 0.29) is 5.91 Å². The first-order valence-corrected chi connectivity index (χ1v) is 6.67. The van der Waals surface area contributed by atoms with E-state index in [0.29, 0.717) is 13.2 Å². The smallest absolute Gasteiger partial charge is 0.254 e. The van der Waals surface area contributed by atoms with Crippen LogP contribution in [0.4, 0.5) is 5.69 Å². The lowest BCUT2D eigenvalue weighted by Gasteiger charge is -2.22. The lowest BCUT2D eigenvalue weighted by molar-refractivity contribution is -0.128. The van der Waals surface area contributed by atoms with E-state index in [1.807, 2.05) is 18.2 Å². The maximum Gasteiger partial charge on any atom is 0.254 e. The van der Waals surface area contributed by atoms with Crippen molar-refractivity contribution in [3.8, 4) is 0 Å². The Morgan fingerprint density at radius 1 is 1.56 bits per heavy atom. The van der Waals surface area contributed by atoms with Crippen LogP contribution in [0, 0.1) is 0 Å². The van der Waals surface area contributed by atoms with Crippen LogP contribution in [0.1, 0.15) is 0 Å². The van der Waals surface area contributed by atoms with E-state index < -0.39 is 6.10 Å². The molecule has 1 aliphatic rings. The number of carbonyl (C=O) groups is 1. The Morgan fingerprint density at radius 3 is 3.33 bits per heavy atom. The Balaban J connectivity index is 1.72. The van der Waals surface area contributed by atoms with Crippen LogP contribution in [0.3, 0.4) is 0 Å². The van der Waals surface area contributed by atoms with Crippen molar-refractivity contribution in [2.24, 2.45) is 0 Å². The van der Waals surface area contributed by atoms with Crippen LogP contribution in [0.2, 0.25) is 0 Å². The minimum Gasteiger partial charge on any atom is -0.366 e. The molecule has 94 valence electrons. The molecule has 5 nitrogen and oxygen atoms in total. The standard InChI is InChI=1S/C12H13N3O2S/c16-12(10-6-13-3-4-17-10)15-8-1-2-11-9(5-8)14-7-18-11/h1-2,5,7,10,13H,3-4,6H2,(H,15,16). The molecule has 2 aromatic rings. The van der Waals surface area contributed by atoms with Crippen LogP contribution in [-0.4, -0.2) is 36.7 Å². The molecule has 6 heteroatoms. The van der Waals surface area contributed by atoms with Crippen molar-refractivity contribution in [2.75, 3.05) is 25.0 Å². The number of nitrogens with one attached hydrogen (secondary N) is 2. The number of hydrogen-bond donors (Lipinski definition) is 2. The number of anilines is 1. The number of morpholine rings is 1. The molecule has 0 bridgehead atoms. The lowest BCUT2D eigenvalue weighted by atomic mass is 10.2. The van der Waals surface area contributed by atoms with Crippen molar-refractivity contribution in [2.45, 2.75) is 6.10 Å². The van der Waals surface area contributed by atoms with Gasteiger partial charge in [-0.25, -0.2) is 4.98 Å². The van der Waals surface area contributed by atoms with Crippen molar-refractivity contribution < 1.29 is 9.53 Å². The fourth-order valence-corrected chi connectivity index (χ4v) is 2.55. The van der Waals surface area contributed by atoms with Crippen molar-refractivity contribution in [1.82, 2.24) is 10.3 Å². The lowest BCUT2D eigenvalue weighted by Crippen LogP contribution is -2.45. The molecule has 18 heavy (non-hydrogen) atoms. The minimum absolute atomic E-state index is 0.114. The average Bonchev–Trinajstić information content (AvgIpc) is 2.87. The number of rotatable bonds is 2. The summed E-state index contributed by atoms with van der Waals surface area (Å²) in [6.45, 7) is 1.93. The van der Waals surface area contributed by atoms with Gasteiger partial charge in [-0.3, -0.25) is 4.79 Å². The molecule has 1 aromatic heterocycles. The van der Waals surface area contributed by atoms with Gasteiger partial charge in [0.15, 0.2) is 0 Å². The number of amides is 1. The Kier molecular flexibility index (Phi) is 3.22. The molecular weight excluding hydrogens is 250 g/mol. The largest absolute Gasteiger partial charge is 0.366 e. The van der Waals surface area contributed by atoms with Crippen LogP contribution in [0.25, 0.3) is 10.2 Å². The van der Waals surface area contributed by atoms with Gasteiger partial charge in [-0.1, -0.05) is 0 Å². The zero-order chi connectivity index (χ0) is 12.4. The number of ether oxygens (including phenoxy) is 1. The van der Waals surface area contributed by atoms with Crippen LogP contribution >= 0.6 is 11.3 Å². The average molecular weight is 263 g/mol. The molecular formula is C12H13N3O2S. The first-order valence-electron chi connectivity index (χ1n) is 5.79. The zero-order valence-electron chi connectivity index (χ0n) is 9.68. The maximum atomic E-state index is 11.9. The quantitative estimate of drug-likeness (QED) is 0.855. The van der Waals surface area contributed by atoms with Crippen LogP contribution in [-0.2, 0) is 9.53 Å². The molecule has 1 unspecified atom stereocenters. The van der Waals surface area contributed by atoms with Crippen LogP contribution in [0.5, 0.6) is 0 Å². The van der Waals surface area contributed by atoms with E-state index >= 15 is 0 Å². The van der Waals surface area contributed by atoms with Gasteiger partial charge in [0, 0.05) is 18.8 Å². The molecule has 2 heterocycles. The van der Waals surface area contributed by atoms with Gasteiger partial charge in [0.25, 0.3) is 5.91 Å². The number of fused-ring (bicyclic) bond motifs is 1. The summed E-state index contributed by atoms with van der Waals surface area (Å²) in [6, 6.07) is 5.72. The van der Waals surface area contributed by atoms with E-state index in [4.69, 9.17) is 4.74 Å².